The highest BCUT2D eigenvalue weighted by Gasteiger charge is 2.21. The second kappa shape index (κ2) is 6.15. The van der Waals surface area contributed by atoms with Crippen molar-refractivity contribution in [3.05, 3.63) is 59.9 Å². The number of aromatic nitrogens is 1. The van der Waals surface area contributed by atoms with Crippen LogP contribution in [0.2, 0.25) is 0 Å². The zero-order chi connectivity index (χ0) is 15.5. The van der Waals surface area contributed by atoms with E-state index in [0.29, 0.717) is 5.56 Å². The van der Waals surface area contributed by atoms with Gasteiger partial charge in [-0.2, -0.15) is 4.31 Å². The fraction of sp³-hybridized carbons (Fsp3) is 0.200. The van der Waals surface area contributed by atoms with Crippen molar-refractivity contribution in [2.45, 2.75) is 18.4 Å². The molecule has 0 unspecified atom stereocenters. The number of sulfonamides is 1. The van der Waals surface area contributed by atoms with Crippen LogP contribution < -0.4 is 0 Å². The molecule has 5 nitrogen and oxygen atoms in total. The molecule has 6 heteroatoms. The number of rotatable bonds is 5. The monoisotopic (exact) mass is 304 g/mol. The summed E-state index contributed by atoms with van der Waals surface area (Å²) in [5.74, 6) is -0.0948. The molecule has 0 aliphatic rings. The van der Waals surface area contributed by atoms with Crippen LogP contribution in [0.5, 0.6) is 0 Å². The first-order valence-electron chi connectivity index (χ1n) is 6.37. The SMILES string of the molecule is CC(=O)c1ccc(S(=O)(=O)N(C)Cc2cccnc2)cc1. The van der Waals surface area contributed by atoms with Gasteiger partial charge in [-0.1, -0.05) is 18.2 Å². The fourth-order valence-electron chi connectivity index (χ4n) is 1.88. The van der Waals surface area contributed by atoms with Crippen LogP contribution in [-0.2, 0) is 16.6 Å². The Bertz CT molecular complexity index is 725. The quantitative estimate of drug-likeness (QED) is 0.793. The Balaban J connectivity index is 2.22. The lowest BCUT2D eigenvalue weighted by molar-refractivity contribution is 0.101. The van der Waals surface area contributed by atoms with Crippen LogP contribution in [0.1, 0.15) is 22.8 Å². The maximum atomic E-state index is 12.4. The average molecular weight is 304 g/mol. The molecule has 0 N–H and O–H groups in total. The van der Waals surface area contributed by atoms with E-state index in [1.54, 1.807) is 18.5 Å². The first-order chi connectivity index (χ1) is 9.91. The molecule has 1 aromatic heterocycles. The van der Waals surface area contributed by atoms with Gasteiger partial charge in [0.25, 0.3) is 0 Å². The lowest BCUT2D eigenvalue weighted by Crippen LogP contribution is -2.26. The van der Waals surface area contributed by atoms with Crippen LogP contribution in [-0.4, -0.2) is 30.5 Å². The van der Waals surface area contributed by atoms with Gasteiger partial charge in [-0.25, -0.2) is 8.42 Å². The lowest BCUT2D eigenvalue weighted by atomic mass is 10.2. The minimum absolute atomic E-state index is 0.0948. The second-order valence-electron chi connectivity index (χ2n) is 4.70. The van der Waals surface area contributed by atoms with E-state index < -0.39 is 10.0 Å². The molecule has 110 valence electrons. The first-order valence-corrected chi connectivity index (χ1v) is 7.81. The average Bonchev–Trinajstić information content (AvgIpc) is 2.48. The predicted molar refractivity (Wildman–Crippen MR) is 79.3 cm³/mol. The van der Waals surface area contributed by atoms with E-state index in [0.717, 1.165) is 5.56 Å². The highest BCUT2D eigenvalue weighted by molar-refractivity contribution is 7.89. The summed E-state index contributed by atoms with van der Waals surface area (Å²) in [6.45, 7) is 1.68. The molecule has 1 heterocycles. The molecule has 1 aromatic carbocycles. The maximum absolute atomic E-state index is 12.4. The van der Waals surface area contributed by atoms with Crippen molar-refractivity contribution in [2.24, 2.45) is 0 Å². The predicted octanol–water partition coefficient (Wildman–Crippen LogP) is 2.10. The largest absolute Gasteiger partial charge is 0.295 e. The van der Waals surface area contributed by atoms with Crippen molar-refractivity contribution in [2.75, 3.05) is 7.05 Å². The van der Waals surface area contributed by atoms with Crippen LogP contribution in [0.15, 0.2) is 53.7 Å². The summed E-state index contributed by atoms with van der Waals surface area (Å²) in [5.41, 5.74) is 1.30. The summed E-state index contributed by atoms with van der Waals surface area (Å²) in [6, 6.07) is 9.52. The van der Waals surface area contributed by atoms with E-state index in [-0.39, 0.29) is 17.2 Å². The number of hydrogen-bond donors (Lipinski definition) is 0. The van der Waals surface area contributed by atoms with Gasteiger partial charge < -0.3 is 0 Å². The third-order valence-corrected chi connectivity index (χ3v) is 4.91. The molecule has 0 atom stereocenters. The van der Waals surface area contributed by atoms with Crippen LogP contribution >= 0.6 is 0 Å². The molecule has 21 heavy (non-hydrogen) atoms. The number of carbonyl (C=O) groups excluding carboxylic acids is 1. The highest BCUT2D eigenvalue weighted by Crippen LogP contribution is 2.17. The Morgan fingerprint density at radius 2 is 1.86 bits per heavy atom. The first kappa shape index (κ1) is 15.3. The van der Waals surface area contributed by atoms with Crippen LogP contribution in [0.3, 0.4) is 0 Å². The summed E-state index contributed by atoms with van der Waals surface area (Å²) in [5, 5.41) is 0. The normalized spacial score (nSPS) is 11.6. The van der Waals surface area contributed by atoms with Gasteiger partial charge in [0.05, 0.1) is 4.90 Å². The van der Waals surface area contributed by atoms with E-state index in [1.165, 1.54) is 42.5 Å². The van der Waals surface area contributed by atoms with Gasteiger partial charge in [0, 0.05) is 31.5 Å². The summed E-state index contributed by atoms with van der Waals surface area (Å²) >= 11 is 0. The van der Waals surface area contributed by atoms with Crippen molar-refractivity contribution >= 4 is 15.8 Å². The molecule has 0 saturated carbocycles. The van der Waals surface area contributed by atoms with Crippen LogP contribution in [0.25, 0.3) is 0 Å². The van der Waals surface area contributed by atoms with Crippen molar-refractivity contribution in [1.82, 2.24) is 9.29 Å². The topological polar surface area (TPSA) is 67.3 Å². The van der Waals surface area contributed by atoms with Gasteiger partial charge in [0.15, 0.2) is 5.78 Å². The second-order valence-corrected chi connectivity index (χ2v) is 6.75. The smallest absolute Gasteiger partial charge is 0.243 e. The van der Waals surface area contributed by atoms with Crippen molar-refractivity contribution in [3.63, 3.8) is 0 Å². The molecular weight excluding hydrogens is 288 g/mol. The summed E-state index contributed by atoms with van der Waals surface area (Å²) < 4.78 is 26.1. The Morgan fingerprint density at radius 3 is 2.38 bits per heavy atom. The molecule has 0 spiro atoms. The molecule has 0 fully saturated rings. The van der Waals surface area contributed by atoms with Crippen molar-refractivity contribution in [1.29, 1.82) is 0 Å². The Labute approximate surface area is 124 Å². The zero-order valence-corrected chi connectivity index (χ0v) is 12.7. The number of nitrogens with zero attached hydrogens (tertiary/aromatic N) is 2. The standard InChI is InChI=1S/C15H16N2O3S/c1-12(18)14-5-7-15(8-6-14)21(19,20)17(2)11-13-4-3-9-16-10-13/h3-10H,11H2,1-2H3. The van der Waals surface area contributed by atoms with Crippen molar-refractivity contribution < 1.29 is 13.2 Å². The van der Waals surface area contributed by atoms with Gasteiger partial charge in [0.1, 0.15) is 0 Å². The van der Waals surface area contributed by atoms with Gasteiger partial charge in [-0.05, 0) is 30.7 Å². The molecule has 2 aromatic rings. The molecule has 0 saturated heterocycles. The van der Waals surface area contributed by atoms with Gasteiger partial charge in [-0.15, -0.1) is 0 Å². The number of benzene rings is 1. The summed E-state index contributed by atoms with van der Waals surface area (Å²) in [4.78, 5) is 15.3. The van der Waals surface area contributed by atoms with E-state index in [1.807, 2.05) is 6.07 Å². The Morgan fingerprint density at radius 1 is 1.19 bits per heavy atom. The molecule has 0 aliphatic heterocycles. The van der Waals surface area contributed by atoms with E-state index in [9.17, 15) is 13.2 Å². The summed E-state index contributed by atoms with van der Waals surface area (Å²) in [7, 11) is -2.07. The molecule has 2 rings (SSSR count). The van der Waals surface area contributed by atoms with E-state index >= 15 is 0 Å². The van der Waals surface area contributed by atoms with Gasteiger partial charge in [-0.3, -0.25) is 9.78 Å². The van der Waals surface area contributed by atoms with E-state index in [4.69, 9.17) is 0 Å². The van der Waals surface area contributed by atoms with Gasteiger partial charge >= 0.3 is 0 Å². The van der Waals surface area contributed by atoms with Crippen LogP contribution in [0.4, 0.5) is 0 Å². The molecule has 0 radical (unpaired) electrons. The van der Waals surface area contributed by atoms with Crippen molar-refractivity contribution in [3.8, 4) is 0 Å². The van der Waals surface area contributed by atoms with Gasteiger partial charge in [0.2, 0.25) is 10.0 Å². The lowest BCUT2D eigenvalue weighted by Gasteiger charge is -2.17. The third-order valence-electron chi connectivity index (χ3n) is 3.10. The fourth-order valence-corrected chi connectivity index (χ4v) is 3.03. The summed E-state index contributed by atoms with van der Waals surface area (Å²) in [6.07, 6.45) is 3.27. The number of Topliss-reactive ketones (excluding diaryl/α,β-unsaturated/α-hetero) is 1. The van der Waals surface area contributed by atoms with E-state index in [2.05, 4.69) is 4.98 Å². The maximum Gasteiger partial charge on any atom is 0.243 e. The van der Waals surface area contributed by atoms with Crippen LogP contribution in [0, 0.1) is 0 Å². The number of ketones is 1. The molecular formula is C15H16N2O3S. The number of hydrogen-bond acceptors (Lipinski definition) is 4. The number of carbonyl (C=O) groups is 1. The molecule has 0 aliphatic carbocycles. The minimum Gasteiger partial charge on any atom is -0.295 e. The highest BCUT2D eigenvalue weighted by atomic mass is 32.2. The zero-order valence-electron chi connectivity index (χ0n) is 11.9. The molecule has 0 amide bonds. The Hall–Kier alpha value is -2.05. The Kier molecular flexibility index (Phi) is 4.50. The molecule has 0 bridgehead atoms. The number of pyridine rings is 1. The third kappa shape index (κ3) is 3.53. The minimum atomic E-state index is -3.59.